The number of hydrogen-bond donors (Lipinski definition) is 2. The number of rotatable bonds is 5. The molecule has 8 nitrogen and oxygen atoms in total. The molecule has 5 rings (SSSR count). The molecule has 4 bridgehead atoms. The first-order valence-electron chi connectivity index (χ1n) is 14.7. The normalized spacial score (nSPS) is 15.1. The zero-order valence-corrected chi connectivity index (χ0v) is 25.6. The number of alkyl halides is 5. The molecule has 2 aromatic carbocycles. The van der Waals surface area contributed by atoms with Gasteiger partial charge in [0.25, 0.3) is 5.92 Å². The predicted molar refractivity (Wildman–Crippen MR) is 167 cm³/mol. The van der Waals surface area contributed by atoms with Crippen LogP contribution in [0.4, 0.5) is 33.6 Å². The van der Waals surface area contributed by atoms with Crippen LogP contribution in [0.2, 0.25) is 0 Å². The number of amides is 1. The lowest BCUT2D eigenvalue weighted by atomic mass is 9.91. The van der Waals surface area contributed by atoms with E-state index in [0.29, 0.717) is 29.2 Å². The summed E-state index contributed by atoms with van der Waals surface area (Å²) in [7, 11) is 0. The van der Waals surface area contributed by atoms with E-state index in [-0.39, 0.29) is 54.0 Å². The summed E-state index contributed by atoms with van der Waals surface area (Å²) in [5.41, 5.74) is 0.535. The summed E-state index contributed by atoms with van der Waals surface area (Å²) in [6.07, 6.45) is -5.21. The van der Waals surface area contributed by atoms with Gasteiger partial charge in [0, 0.05) is 48.0 Å². The van der Waals surface area contributed by atoms with Crippen LogP contribution in [0.1, 0.15) is 44.1 Å². The average molecular weight is 673 g/mol. The molecule has 0 atom stereocenters. The molecule has 246 valence electrons. The standard InChI is InChI=1S/C33H29F5N4O4S/c34-32(35)18-4-1-5-19-42(29(43)16-17-30(44)45)27-12-7-13-28(40-27)47-41-26-15-14-23(31(39-26)24-10-2-3-11-25(24)32)21-8-6-9-22(20-21)46-33(36,37)38/h2-3,6-15,20H,1,4-5,16-19H2,(H,39,41)(H,44,45). The van der Waals surface area contributed by atoms with E-state index in [1.807, 2.05) is 0 Å². The molecule has 1 aliphatic heterocycles. The van der Waals surface area contributed by atoms with Gasteiger partial charge < -0.3 is 14.6 Å². The highest BCUT2D eigenvalue weighted by molar-refractivity contribution is 8.00. The highest BCUT2D eigenvalue weighted by Gasteiger charge is 2.35. The molecule has 2 aromatic heterocycles. The summed E-state index contributed by atoms with van der Waals surface area (Å²) in [5.74, 6) is -4.79. The maximum Gasteiger partial charge on any atom is 0.573 e. The number of carbonyl (C=O) groups excluding carboxylic acids is 1. The Morgan fingerprint density at radius 1 is 0.915 bits per heavy atom. The van der Waals surface area contributed by atoms with Crippen LogP contribution < -0.4 is 14.4 Å². The molecule has 0 saturated heterocycles. The van der Waals surface area contributed by atoms with Gasteiger partial charge in [-0.15, -0.1) is 13.2 Å². The van der Waals surface area contributed by atoms with Crippen molar-refractivity contribution in [3.63, 3.8) is 0 Å². The number of benzene rings is 2. The van der Waals surface area contributed by atoms with Crippen LogP contribution in [0.15, 0.2) is 83.9 Å². The van der Waals surface area contributed by atoms with Gasteiger partial charge in [-0.1, -0.05) is 48.9 Å². The lowest BCUT2D eigenvalue weighted by Crippen LogP contribution is -2.33. The second-order valence-corrected chi connectivity index (χ2v) is 11.5. The van der Waals surface area contributed by atoms with Crippen molar-refractivity contribution in [2.24, 2.45) is 0 Å². The van der Waals surface area contributed by atoms with E-state index in [2.05, 4.69) is 19.4 Å². The Morgan fingerprint density at radius 3 is 2.49 bits per heavy atom. The van der Waals surface area contributed by atoms with E-state index in [4.69, 9.17) is 5.11 Å². The van der Waals surface area contributed by atoms with Crippen molar-refractivity contribution in [2.45, 2.75) is 55.8 Å². The lowest BCUT2D eigenvalue weighted by Gasteiger charge is -2.23. The smallest absolute Gasteiger partial charge is 0.481 e. The summed E-state index contributed by atoms with van der Waals surface area (Å²) >= 11 is 1.05. The molecule has 0 radical (unpaired) electrons. The van der Waals surface area contributed by atoms with Gasteiger partial charge in [0.2, 0.25) is 5.91 Å². The second kappa shape index (κ2) is 14.4. The largest absolute Gasteiger partial charge is 0.573 e. The van der Waals surface area contributed by atoms with Gasteiger partial charge >= 0.3 is 12.3 Å². The minimum Gasteiger partial charge on any atom is -0.481 e. The topological polar surface area (TPSA) is 105 Å². The minimum absolute atomic E-state index is 0.112. The van der Waals surface area contributed by atoms with Crippen molar-refractivity contribution in [1.29, 1.82) is 0 Å². The van der Waals surface area contributed by atoms with E-state index >= 15 is 8.78 Å². The Bertz CT molecular complexity index is 1750. The Morgan fingerprint density at radius 2 is 1.70 bits per heavy atom. The number of hydrogen-bond acceptors (Lipinski definition) is 7. The van der Waals surface area contributed by atoms with Gasteiger partial charge in [0.05, 0.1) is 12.1 Å². The van der Waals surface area contributed by atoms with Crippen LogP contribution in [-0.2, 0) is 15.5 Å². The zero-order valence-electron chi connectivity index (χ0n) is 24.8. The molecule has 2 N–H and O–H groups in total. The molecule has 0 saturated carbocycles. The summed E-state index contributed by atoms with van der Waals surface area (Å²) in [6, 6.07) is 19.3. The van der Waals surface area contributed by atoms with Crippen LogP contribution in [0.25, 0.3) is 22.4 Å². The fourth-order valence-electron chi connectivity index (χ4n) is 5.18. The van der Waals surface area contributed by atoms with Crippen molar-refractivity contribution >= 4 is 35.5 Å². The third-order valence-corrected chi connectivity index (χ3v) is 8.07. The zero-order chi connectivity index (χ0) is 33.6. The summed E-state index contributed by atoms with van der Waals surface area (Å²) in [6.45, 7) is 0.165. The molecule has 4 aromatic rings. The van der Waals surface area contributed by atoms with Crippen LogP contribution in [-0.4, -0.2) is 39.9 Å². The van der Waals surface area contributed by atoms with Crippen molar-refractivity contribution in [3.05, 3.63) is 84.4 Å². The molecule has 0 fully saturated rings. The monoisotopic (exact) mass is 672 g/mol. The van der Waals surface area contributed by atoms with Gasteiger partial charge in [-0.05, 0) is 54.8 Å². The Kier molecular flexibility index (Phi) is 10.3. The van der Waals surface area contributed by atoms with Crippen LogP contribution >= 0.6 is 11.9 Å². The van der Waals surface area contributed by atoms with Crippen LogP contribution in [0, 0.1) is 0 Å². The van der Waals surface area contributed by atoms with Crippen molar-refractivity contribution in [2.75, 3.05) is 16.2 Å². The SMILES string of the molecule is O=C(O)CCC(=O)N1CCCCCC(F)(F)c2ccccc2-c2nc(ccc2-c2cccc(OC(F)(F)F)c2)NSc2cccc1n2. The van der Waals surface area contributed by atoms with Crippen molar-refractivity contribution in [3.8, 4) is 28.1 Å². The number of aromatic nitrogens is 2. The van der Waals surface area contributed by atoms with Gasteiger partial charge in [-0.3, -0.25) is 14.5 Å². The molecule has 1 amide bonds. The van der Waals surface area contributed by atoms with E-state index in [0.717, 1.165) is 18.0 Å². The summed E-state index contributed by atoms with van der Waals surface area (Å²) in [5, 5.41) is 9.51. The quantitative estimate of drug-likeness (QED) is 0.160. The fourth-order valence-corrected chi connectivity index (χ4v) is 5.79. The molecule has 47 heavy (non-hydrogen) atoms. The van der Waals surface area contributed by atoms with Gasteiger partial charge in [-0.25, -0.2) is 18.7 Å². The van der Waals surface area contributed by atoms with Crippen LogP contribution in [0.3, 0.4) is 0 Å². The third kappa shape index (κ3) is 8.76. The van der Waals surface area contributed by atoms with Crippen molar-refractivity contribution < 1.29 is 41.4 Å². The number of nitrogens with zero attached hydrogens (tertiary/aromatic N) is 3. The summed E-state index contributed by atoms with van der Waals surface area (Å²) in [4.78, 5) is 34.7. The molecular formula is C33H29F5N4O4S. The molecular weight excluding hydrogens is 643 g/mol. The van der Waals surface area contributed by atoms with Gasteiger partial charge in [0.1, 0.15) is 22.4 Å². The highest BCUT2D eigenvalue weighted by Crippen LogP contribution is 2.43. The summed E-state index contributed by atoms with van der Waals surface area (Å²) < 4.78 is 78.0. The number of nitrogens with one attached hydrogen (secondary N) is 1. The van der Waals surface area contributed by atoms with E-state index < -0.39 is 36.3 Å². The molecule has 3 heterocycles. The number of carbonyl (C=O) groups is 2. The third-order valence-electron chi connectivity index (χ3n) is 7.32. The molecule has 0 unspecified atom stereocenters. The first-order valence-corrected chi connectivity index (χ1v) is 15.5. The number of halogens is 5. The van der Waals surface area contributed by atoms with Crippen LogP contribution in [0.5, 0.6) is 5.75 Å². The average Bonchev–Trinajstić information content (AvgIpc) is 3.03. The number of carboxylic acids is 1. The first kappa shape index (κ1) is 33.6. The second-order valence-electron chi connectivity index (χ2n) is 10.7. The lowest BCUT2D eigenvalue weighted by molar-refractivity contribution is -0.274. The Labute approximate surface area is 271 Å². The Hall–Kier alpha value is -4.72. The van der Waals surface area contributed by atoms with Gasteiger partial charge in [0.15, 0.2) is 0 Å². The molecule has 0 spiro atoms. The number of anilines is 2. The van der Waals surface area contributed by atoms with E-state index in [9.17, 15) is 22.8 Å². The number of fused-ring (bicyclic) bond motifs is 6. The minimum atomic E-state index is -4.92. The number of ether oxygens (including phenoxy) is 1. The number of pyridine rings is 2. The fraction of sp³-hybridized carbons (Fsp3) is 0.273. The van der Waals surface area contributed by atoms with Crippen molar-refractivity contribution in [1.82, 2.24) is 9.97 Å². The Balaban J connectivity index is 1.57. The highest BCUT2D eigenvalue weighted by atomic mass is 32.2. The molecule has 1 aliphatic rings. The number of carboxylic acid groups (broad SMARTS) is 1. The number of aliphatic carboxylic acids is 1. The van der Waals surface area contributed by atoms with E-state index in [1.54, 1.807) is 42.5 Å². The maximum atomic E-state index is 15.9. The molecule has 0 aliphatic carbocycles. The molecule has 14 heteroatoms. The van der Waals surface area contributed by atoms with E-state index in [1.165, 1.54) is 35.2 Å². The van der Waals surface area contributed by atoms with Gasteiger partial charge in [-0.2, -0.15) is 0 Å². The first-order chi connectivity index (χ1) is 22.4. The predicted octanol–water partition coefficient (Wildman–Crippen LogP) is 8.69. The maximum absolute atomic E-state index is 15.9.